The van der Waals surface area contributed by atoms with Gasteiger partial charge in [0.1, 0.15) is 10.8 Å². The molecule has 0 spiro atoms. The number of hydrogen-bond acceptors (Lipinski definition) is 5. The Morgan fingerprint density at radius 3 is 2.72 bits per heavy atom. The van der Waals surface area contributed by atoms with E-state index in [1.807, 2.05) is 42.2 Å². The molecule has 4 rings (SSSR count). The van der Waals surface area contributed by atoms with Crippen molar-refractivity contribution < 1.29 is 9.53 Å². The number of carbonyl (C=O) groups excluding carboxylic acids is 1. The highest BCUT2D eigenvalue weighted by atomic mass is 32.1. The molecule has 1 fully saturated rings. The molecular formula is C23H25N3O2S. The molecule has 1 saturated heterocycles. The van der Waals surface area contributed by atoms with E-state index in [1.54, 1.807) is 24.5 Å². The number of benzene rings is 2. The SMILES string of the molecule is COc1ccc(C)cc1/C=C/C(=O)N1CCN(Cc2nc3ccccc3s2)CC1. The molecule has 1 aliphatic rings. The lowest BCUT2D eigenvalue weighted by molar-refractivity contribution is -0.127. The van der Waals surface area contributed by atoms with Crippen LogP contribution in [0.2, 0.25) is 0 Å². The molecule has 0 radical (unpaired) electrons. The summed E-state index contributed by atoms with van der Waals surface area (Å²) in [6, 6.07) is 14.2. The number of ether oxygens (including phenoxy) is 1. The molecule has 0 saturated carbocycles. The Bertz CT molecular complexity index is 1000. The van der Waals surface area contributed by atoms with Crippen LogP contribution < -0.4 is 4.74 Å². The van der Waals surface area contributed by atoms with Crippen LogP contribution in [0.25, 0.3) is 16.3 Å². The van der Waals surface area contributed by atoms with Gasteiger partial charge in [0, 0.05) is 37.8 Å². The number of para-hydroxylation sites is 1. The quantitative estimate of drug-likeness (QED) is 0.601. The van der Waals surface area contributed by atoms with Crippen molar-refractivity contribution in [3.8, 4) is 5.75 Å². The van der Waals surface area contributed by atoms with Crippen LogP contribution in [0.5, 0.6) is 5.75 Å². The second-order valence-electron chi connectivity index (χ2n) is 7.26. The molecular weight excluding hydrogens is 382 g/mol. The van der Waals surface area contributed by atoms with E-state index in [-0.39, 0.29) is 5.91 Å². The Kier molecular flexibility index (Phi) is 5.92. The van der Waals surface area contributed by atoms with E-state index in [0.717, 1.165) is 60.1 Å². The van der Waals surface area contributed by atoms with Gasteiger partial charge in [-0.05, 0) is 37.3 Å². The van der Waals surface area contributed by atoms with Gasteiger partial charge in [-0.25, -0.2) is 4.98 Å². The van der Waals surface area contributed by atoms with E-state index in [9.17, 15) is 4.79 Å². The summed E-state index contributed by atoms with van der Waals surface area (Å²) in [6.45, 7) is 6.07. The predicted octanol–water partition coefficient (Wildman–Crippen LogP) is 3.97. The van der Waals surface area contributed by atoms with E-state index < -0.39 is 0 Å². The first-order valence-corrected chi connectivity index (χ1v) is 10.6. The Balaban J connectivity index is 1.33. The largest absolute Gasteiger partial charge is 0.496 e. The zero-order valence-corrected chi connectivity index (χ0v) is 17.6. The number of aryl methyl sites for hydroxylation is 1. The Morgan fingerprint density at radius 2 is 1.97 bits per heavy atom. The first kappa shape index (κ1) is 19.6. The Morgan fingerprint density at radius 1 is 1.17 bits per heavy atom. The molecule has 2 heterocycles. The second kappa shape index (κ2) is 8.76. The number of carbonyl (C=O) groups is 1. The molecule has 29 heavy (non-hydrogen) atoms. The number of thiazole rings is 1. The summed E-state index contributed by atoms with van der Waals surface area (Å²) in [5.41, 5.74) is 3.13. The van der Waals surface area contributed by atoms with Crippen LogP contribution in [0.3, 0.4) is 0 Å². The maximum Gasteiger partial charge on any atom is 0.246 e. The highest BCUT2D eigenvalue weighted by Gasteiger charge is 2.20. The fourth-order valence-electron chi connectivity index (χ4n) is 3.56. The average Bonchev–Trinajstić information content (AvgIpc) is 3.15. The monoisotopic (exact) mass is 407 g/mol. The molecule has 0 aliphatic carbocycles. The van der Waals surface area contributed by atoms with Gasteiger partial charge in [0.15, 0.2) is 0 Å². The summed E-state index contributed by atoms with van der Waals surface area (Å²) in [5.74, 6) is 0.827. The minimum absolute atomic E-state index is 0.0493. The van der Waals surface area contributed by atoms with Crippen LogP contribution in [0.1, 0.15) is 16.1 Å². The highest BCUT2D eigenvalue weighted by molar-refractivity contribution is 7.18. The average molecular weight is 408 g/mol. The van der Waals surface area contributed by atoms with Crippen LogP contribution in [-0.2, 0) is 11.3 Å². The number of piperazine rings is 1. The lowest BCUT2D eigenvalue weighted by Crippen LogP contribution is -2.47. The summed E-state index contributed by atoms with van der Waals surface area (Å²) in [6.07, 6.45) is 3.50. The molecule has 3 aromatic rings. The zero-order valence-electron chi connectivity index (χ0n) is 16.8. The molecule has 2 aromatic carbocycles. The third kappa shape index (κ3) is 4.66. The first-order chi connectivity index (χ1) is 14.1. The van der Waals surface area contributed by atoms with Gasteiger partial charge in [0.25, 0.3) is 0 Å². The van der Waals surface area contributed by atoms with Gasteiger partial charge in [-0.1, -0.05) is 23.8 Å². The molecule has 1 aromatic heterocycles. The van der Waals surface area contributed by atoms with Crippen LogP contribution in [-0.4, -0.2) is 54.0 Å². The summed E-state index contributed by atoms with van der Waals surface area (Å²) in [7, 11) is 1.65. The van der Waals surface area contributed by atoms with Gasteiger partial charge in [-0.2, -0.15) is 0 Å². The number of fused-ring (bicyclic) bond motifs is 1. The van der Waals surface area contributed by atoms with Gasteiger partial charge in [-0.15, -0.1) is 11.3 Å². The summed E-state index contributed by atoms with van der Waals surface area (Å²) < 4.78 is 6.61. The molecule has 0 unspecified atom stereocenters. The zero-order chi connectivity index (χ0) is 20.2. The molecule has 5 nitrogen and oxygen atoms in total. The molecule has 0 N–H and O–H groups in total. The standard InChI is InChI=1S/C23H25N3O2S/c1-17-7-9-20(28-2)18(15-17)8-10-23(27)26-13-11-25(12-14-26)16-22-24-19-5-3-4-6-21(19)29-22/h3-10,15H,11-14,16H2,1-2H3/b10-8+. The van der Waals surface area contributed by atoms with Crippen LogP contribution in [0.15, 0.2) is 48.5 Å². The van der Waals surface area contributed by atoms with Gasteiger partial charge < -0.3 is 9.64 Å². The highest BCUT2D eigenvalue weighted by Crippen LogP contribution is 2.23. The minimum atomic E-state index is 0.0493. The predicted molar refractivity (Wildman–Crippen MR) is 118 cm³/mol. The third-order valence-electron chi connectivity index (χ3n) is 5.17. The minimum Gasteiger partial charge on any atom is -0.496 e. The number of aromatic nitrogens is 1. The second-order valence-corrected chi connectivity index (χ2v) is 8.37. The van der Waals surface area contributed by atoms with Crippen LogP contribution in [0, 0.1) is 6.92 Å². The molecule has 6 heteroatoms. The number of methoxy groups -OCH3 is 1. The smallest absolute Gasteiger partial charge is 0.246 e. The van der Waals surface area contributed by atoms with E-state index >= 15 is 0 Å². The fourth-order valence-corrected chi connectivity index (χ4v) is 4.57. The molecule has 150 valence electrons. The van der Waals surface area contributed by atoms with Crippen molar-refractivity contribution >= 4 is 33.5 Å². The van der Waals surface area contributed by atoms with Crippen molar-refractivity contribution in [1.29, 1.82) is 0 Å². The van der Waals surface area contributed by atoms with Crippen LogP contribution in [0.4, 0.5) is 0 Å². The maximum absolute atomic E-state index is 12.6. The molecule has 0 bridgehead atoms. The van der Waals surface area contributed by atoms with Crippen molar-refractivity contribution in [2.45, 2.75) is 13.5 Å². The van der Waals surface area contributed by atoms with Gasteiger partial charge in [0.05, 0.1) is 23.9 Å². The maximum atomic E-state index is 12.6. The van der Waals surface area contributed by atoms with Gasteiger partial charge >= 0.3 is 0 Å². The normalized spacial score (nSPS) is 15.3. The van der Waals surface area contributed by atoms with Gasteiger partial charge in [0.2, 0.25) is 5.91 Å². The molecule has 0 atom stereocenters. The van der Waals surface area contributed by atoms with Crippen molar-refractivity contribution in [2.75, 3.05) is 33.3 Å². The topological polar surface area (TPSA) is 45.7 Å². The number of rotatable bonds is 5. The number of hydrogen-bond donors (Lipinski definition) is 0. The van der Waals surface area contributed by atoms with E-state index in [1.165, 1.54) is 4.70 Å². The van der Waals surface area contributed by atoms with E-state index in [2.05, 4.69) is 23.1 Å². The van der Waals surface area contributed by atoms with E-state index in [0.29, 0.717) is 0 Å². The lowest BCUT2D eigenvalue weighted by Gasteiger charge is -2.33. The lowest BCUT2D eigenvalue weighted by atomic mass is 10.1. The summed E-state index contributed by atoms with van der Waals surface area (Å²) in [4.78, 5) is 21.6. The number of nitrogens with zero attached hydrogens (tertiary/aromatic N) is 3. The van der Waals surface area contributed by atoms with Crippen molar-refractivity contribution in [2.24, 2.45) is 0 Å². The molecule has 1 aliphatic heterocycles. The molecule has 1 amide bonds. The summed E-state index contributed by atoms with van der Waals surface area (Å²) >= 11 is 1.75. The van der Waals surface area contributed by atoms with Crippen LogP contribution >= 0.6 is 11.3 Å². The Labute approximate surface area is 175 Å². The number of amides is 1. The van der Waals surface area contributed by atoms with E-state index in [4.69, 9.17) is 9.72 Å². The van der Waals surface area contributed by atoms with Gasteiger partial charge in [-0.3, -0.25) is 9.69 Å². The van der Waals surface area contributed by atoms with Crippen molar-refractivity contribution in [3.63, 3.8) is 0 Å². The Hall–Kier alpha value is -2.70. The third-order valence-corrected chi connectivity index (χ3v) is 6.19. The van der Waals surface area contributed by atoms with Crippen molar-refractivity contribution in [1.82, 2.24) is 14.8 Å². The summed E-state index contributed by atoms with van der Waals surface area (Å²) in [5, 5.41) is 1.14. The first-order valence-electron chi connectivity index (χ1n) is 9.81. The van der Waals surface area contributed by atoms with Crippen molar-refractivity contribution in [3.05, 3.63) is 64.7 Å². The fraction of sp³-hybridized carbons (Fsp3) is 0.304.